The summed E-state index contributed by atoms with van der Waals surface area (Å²) in [4.78, 5) is 19.8. The maximum absolute atomic E-state index is 14.5. The lowest BCUT2D eigenvalue weighted by molar-refractivity contribution is 0.0934. The number of aryl methyl sites for hydroxylation is 2. The highest BCUT2D eigenvalue weighted by Crippen LogP contribution is 2.28. The number of carbonyl (C=O) groups is 1. The molecular weight excluding hydrogens is 433 g/mol. The third-order valence-electron chi connectivity index (χ3n) is 6.40. The van der Waals surface area contributed by atoms with Crippen molar-refractivity contribution in [3.05, 3.63) is 65.4 Å². The van der Waals surface area contributed by atoms with Crippen LogP contribution in [0.3, 0.4) is 0 Å². The van der Waals surface area contributed by atoms with E-state index >= 15 is 0 Å². The number of halogens is 1. The molecule has 0 bridgehead atoms. The van der Waals surface area contributed by atoms with Gasteiger partial charge >= 0.3 is 0 Å². The smallest absolute Gasteiger partial charge is 0.271 e. The van der Waals surface area contributed by atoms with E-state index in [2.05, 4.69) is 20.3 Å². The van der Waals surface area contributed by atoms with Gasteiger partial charge in [0.2, 0.25) is 0 Å². The second kappa shape index (κ2) is 8.39. The normalized spacial score (nSPS) is 16.1. The van der Waals surface area contributed by atoms with Crippen molar-refractivity contribution in [3.8, 4) is 23.1 Å². The van der Waals surface area contributed by atoms with Gasteiger partial charge in [-0.2, -0.15) is 10.4 Å². The Bertz CT molecular complexity index is 1460. The molecule has 2 aromatic heterocycles. The lowest BCUT2D eigenvalue weighted by Gasteiger charge is -2.11. The Kier molecular flexibility index (Phi) is 5.38. The van der Waals surface area contributed by atoms with Crippen molar-refractivity contribution < 1.29 is 9.18 Å². The lowest BCUT2D eigenvalue weighted by atomic mass is 10.1. The Balaban J connectivity index is 1.60. The van der Waals surface area contributed by atoms with Crippen LogP contribution in [0.2, 0.25) is 0 Å². The average molecular weight is 458 g/mol. The first-order chi connectivity index (χ1) is 16.3. The van der Waals surface area contributed by atoms with Crippen LogP contribution in [0.4, 0.5) is 4.39 Å². The number of benzene rings is 2. The molecular formula is C25H24FN7O. The highest BCUT2D eigenvalue weighted by molar-refractivity contribution is 5.93. The second-order valence-corrected chi connectivity index (χ2v) is 8.76. The number of likely N-dealkylation sites (tertiary alicyclic amines) is 1. The molecule has 1 aliphatic rings. The number of nitrogens with zero attached hydrogens (tertiary/aromatic N) is 6. The Morgan fingerprint density at radius 2 is 2.06 bits per heavy atom. The molecule has 1 N–H and O–H groups in total. The predicted molar refractivity (Wildman–Crippen MR) is 126 cm³/mol. The summed E-state index contributed by atoms with van der Waals surface area (Å²) in [5, 5.41) is 17.6. The standard InChI is InChI=1S/C25H24FN7O/c1-15-20-11-19(6-7-22(20)30-32(15)3)33-14-23(25(34)28-18-8-9-31(2)13-18)29-24(33)16-4-5-17(12-27)21(26)10-16/h4-7,10-11,14,18H,8-9,13H2,1-3H3,(H,28,34)/t18-/m0/s1. The summed E-state index contributed by atoms with van der Waals surface area (Å²) in [6, 6.07) is 12.0. The fourth-order valence-corrected chi connectivity index (χ4v) is 4.41. The third kappa shape index (κ3) is 3.82. The fraction of sp³-hybridized carbons (Fsp3) is 0.280. The number of hydrogen-bond acceptors (Lipinski definition) is 5. The van der Waals surface area contributed by atoms with E-state index in [0.717, 1.165) is 41.8 Å². The monoisotopic (exact) mass is 457 g/mol. The van der Waals surface area contributed by atoms with Crippen LogP contribution in [-0.2, 0) is 7.05 Å². The zero-order valence-electron chi connectivity index (χ0n) is 19.2. The molecule has 5 rings (SSSR count). The summed E-state index contributed by atoms with van der Waals surface area (Å²) in [5.41, 5.74) is 3.31. The molecule has 1 fully saturated rings. The van der Waals surface area contributed by atoms with Crippen molar-refractivity contribution in [3.63, 3.8) is 0 Å². The van der Waals surface area contributed by atoms with Crippen molar-refractivity contribution in [2.24, 2.45) is 7.05 Å². The maximum Gasteiger partial charge on any atom is 0.271 e. The van der Waals surface area contributed by atoms with E-state index in [-0.39, 0.29) is 23.2 Å². The van der Waals surface area contributed by atoms with Gasteiger partial charge in [0.25, 0.3) is 5.91 Å². The summed E-state index contributed by atoms with van der Waals surface area (Å²) < 4.78 is 18.0. The van der Waals surface area contributed by atoms with Gasteiger partial charge in [-0.15, -0.1) is 0 Å². The number of imidazole rings is 1. The highest BCUT2D eigenvalue weighted by atomic mass is 19.1. The van der Waals surface area contributed by atoms with Gasteiger partial charge in [0, 0.05) is 48.2 Å². The van der Waals surface area contributed by atoms with Gasteiger partial charge in [-0.25, -0.2) is 9.37 Å². The van der Waals surface area contributed by atoms with Gasteiger partial charge in [-0.3, -0.25) is 14.0 Å². The number of likely N-dealkylation sites (N-methyl/N-ethyl adjacent to an activating group) is 1. The molecule has 0 spiro atoms. The quantitative estimate of drug-likeness (QED) is 0.508. The molecule has 1 saturated heterocycles. The predicted octanol–water partition coefficient (Wildman–Crippen LogP) is 3.18. The van der Waals surface area contributed by atoms with Crippen LogP contribution in [0.15, 0.2) is 42.6 Å². The van der Waals surface area contributed by atoms with Gasteiger partial charge in [0.05, 0.1) is 11.1 Å². The molecule has 0 radical (unpaired) electrons. The van der Waals surface area contributed by atoms with Crippen molar-refractivity contribution in [1.82, 2.24) is 29.5 Å². The molecule has 1 aliphatic heterocycles. The van der Waals surface area contributed by atoms with Crippen molar-refractivity contribution in [2.45, 2.75) is 19.4 Å². The van der Waals surface area contributed by atoms with Crippen LogP contribution >= 0.6 is 0 Å². The lowest BCUT2D eigenvalue weighted by Crippen LogP contribution is -2.36. The van der Waals surface area contributed by atoms with E-state index in [1.165, 1.54) is 12.1 Å². The number of hydrogen-bond donors (Lipinski definition) is 1. The largest absolute Gasteiger partial charge is 0.347 e. The van der Waals surface area contributed by atoms with E-state index < -0.39 is 5.82 Å². The van der Waals surface area contributed by atoms with Crippen molar-refractivity contribution in [2.75, 3.05) is 20.1 Å². The second-order valence-electron chi connectivity index (χ2n) is 8.76. The molecule has 34 heavy (non-hydrogen) atoms. The zero-order chi connectivity index (χ0) is 24.0. The topological polar surface area (TPSA) is 91.8 Å². The van der Waals surface area contributed by atoms with Crippen molar-refractivity contribution >= 4 is 16.8 Å². The third-order valence-corrected chi connectivity index (χ3v) is 6.40. The van der Waals surface area contributed by atoms with Gasteiger partial charge in [0.15, 0.2) is 0 Å². The SMILES string of the molecule is Cc1c2cc(-n3cc(C(=O)N[C@H]4CCN(C)C4)nc3-c3ccc(C#N)c(F)c3)ccc2nn1C. The van der Waals surface area contributed by atoms with Crippen LogP contribution in [0.5, 0.6) is 0 Å². The Hall–Kier alpha value is -4.03. The molecule has 0 unspecified atom stereocenters. The van der Waals surface area contributed by atoms with Crippen molar-refractivity contribution in [1.29, 1.82) is 5.26 Å². The number of aromatic nitrogens is 4. The number of amides is 1. The van der Waals surface area contributed by atoms with Crippen LogP contribution in [0.1, 0.15) is 28.2 Å². The minimum absolute atomic E-state index is 0.0439. The van der Waals surface area contributed by atoms with E-state index in [1.54, 1.807) is 16.8 Å². The summed E-state index contributed by atoms with van der Waals surface area (Å²) in [6.07, 6.45) is 2.56. The van der Waals surface area contributed by atoms with Crippen LogP contribution in [0, 0.1) is 24.1 Å². The molecule has 4 aromatic rings. The number of nitrogens with one attached hydrogen (secondary N) is 1. The van der Waals surface area contributed by atoms with Gasteiger partial charge in [0.1, 0.15) is 23.4 Å². The first-order valence-corrected chi connectivity index (χ1v) is 11.1. The highest BCUT2D eigenvalue weighted by Gasteiger charge is 2.24. The Morgan fingerprint density at radius 3 is 2.76 bits per heavy atom. The molecule has 172 valence electrons. The molecule has 9 heteroatoms. The van der Waals surface area contributed by atoms with Gasteiger partial charge in [-0.05, 0) is 63.3 Å². The summed E-state index contributed by atoms with van der Waals surface area (Å²) in [6.45, 7) is 3.71. The minimum atomic E-state index is -0.631. The first kappa shape index (κ1) is 21.8. The van der Waals surface area contributed by atoms with Gasteiger partial charge < -0.3 is 10.2 Å². The summed E-state index contributed by atoms with van der Waals surface area (Å²) >= 11 is 0. The van der Waals surface area contributed by atoms with Crippen LogP contribution < -0.4 is 5.32 Å². The Morgan fingerprint density at radius 1 is 1.24 bits per heavy atom. The molecule has 8 nitrogen and oxygen atoms in total. The van der Waals surface area contributed by atoms with E-state index in [9.17, 15) is 9.18 Å². The number of rotatable bonds is 4. The molecule has 1 atom stereocenters. The maximum atomic E-state index is 14.5. The van der Waals surface area contributed by atoms with E-state index in [1.807, 2.05) is 50.0 Å². The minimum Gasteiger partial charge on any atom is -0.347 e. The molecule has 0 aliphatic carbocycles. The molecule has 2 aromatic carbocycles. The first-order valence-electron chi connectivity index (χ1n) is 11.1. The van der Waals surface area contributed by atoms with E-state index in [4.69, 9.17) is 5.26 Å². The van der Waals surface area contributed by atoms with E-state index in [0.29, 0.717) is 11.4 Å². The van der Waals surface area contributed by atoms with Crippen LogP contribution in [0.25, 0.3) is 28.0 Å². The number of fused-ring (bicyclic) bond motifs is 1. The number of carbonyl (C=O) groups excluding carboxylic acids is 1. The molecule has 0 saturated carbocycles. The Labute approximate surface area is 196 Å². The average Bonchev–Trinajstić information content (AvgIpc) is 3.51. The zero-order valence-corrected chi connectivity index (χ0v) is 19.2. The molecule has 1 amide bonds. The van der Waals surface area contributed by atoms with Gasteiger partial charge in [-0.1, -0.05) is 0 Å². The fourth-order valence-electron chi connectivity index (χ4n) is 4.41. The summed E-state index contributed by atoms with van der Waals surface area (Å²) in [5.74, 6) is -0.487. The molecule has 3 heterocycles. The number of nitriles is 1. The summed E-state index contributed by atoms with van der Waals surface area (Å²) in [7, 11) is 3.91. The van der Waals surface area contributed by atoms with Crippen LogP contribution in [-0.4, -0.2) is 56.3 Å².